The van der Waals surface area contributed by atoms with Crippen LogP contribution in [0.5, 0.6) is 0 Å². The number of hydrogen-bond acceptors (Lipinski definition) is 2. The van der Waals surface area contributed by atoms with Crippen LogP contribution in [0.3, 0.4) is 0 Å². The zero-order chi connectivity index (χ0) is 15.3. The van der Waals surface area contributed by atoms with Crippen LogP contribution < -0.4 is 0 Å². The summed E-state index contributed by atoms with van der Waals surface area (Å²) in [5, 5.41) is 1.62. The Morgan fingerprint density at radius 3 is 2.45 bits per heavy atom. The van der Waals surface area contributed by atoms with E-state index >= 15 is 0 Å². The molecule has 2 amide bonds. The summed E-state index contributed by atoms with van der Waals surface area (Å²) in [6.45, 7) is 0.247. The summed E-state index contributed by atoms with van der Waals surface area (Å²) in [5.41, 5.74) is 1.97. The number of halogens is 1. The highest BCUT2D eigenvalue weighted by atomic mass is 79.9. The number of carbonyl (C=O) groups is 2. The molecule has 1 aliphatic rings. The number of carbonyl (C=O) groups excluding carboxylic acids is 2. The summed E-state index contributed by atoms with van der Waals surface area (Å²) in [6.07, 6.45) is 1.78. The van der Waals surface area contributed by atoms with Crippen molar-refractivity contribution in [1.82, 2.24) is 9.88 Å². The fourth-order valence-electron chi connectivity index (χ4n) is 2.89. The number of imide groups is 1. The van der Waals surface area contributed by atoms with Crippen LogP contribution in [0.15, 0.2) is 53.1 Å². The van der Waals surface area contributed by atoms with Gasteiger partial charge in [0.15, 0.2) is 0 Å². The number of H-pyrrole nitrogens is 1. The van der Waals surface area contributed by atoms with Gasteiger partial charge in [0.05, 0.1) is 6.54 Å². The second kappa shape index (κ2) is 4.81. The van der Waals surface area contributed by atoms with Crippen LogP contribution in [-0.4, -0.2) is 21.7 Å². The minimum absolute atomic E-state index is 0.247. The van der Waals surface area contributed by atoms with Crippen LogP contribution in [0.25, 0.3) is 10.8 Å². The van der Waals surface area contributed by atoms with Gasteiger partial charge in [0, 0.05) is 32.9 Å². The Kier molecular flexibility index (Phi) is 2.90. The van der Waals surface area contributed by atoms with E-state index in [4.69, 9.17) is 0 Å². The molecule has 1 N–H and O–H groups in total. The largest absolute Gasteiger partial charge is 0.364 e. The molecule has 5 heteroatoms. The molecule has 4 nitrogen and oxygen atoms in total. The molecule has 0 fully saturated rings. The van der Waals surface area contributed by atoms with Gasteiger partial charge in [-0.15, -0.1) is 0 Å². The van der Waals surface area contributed by atoms with E-state index in [1.807, 2.05) is 30.3 Å². The molecular formula is C17H11BrN2O2. The first-order chi connectivity index (χ1) is 10.7. The maximum Gasteiger partial charge on any atom is 0.261 e. The third-order valence-corrected chi connectivity index (χ3v) is 4.62. The zero-order valence-corrected chi connectivity index (χ0v) is 13.1. The lowest BCUT2D eigenvalue weighted by atomic mass is 9.94. The van der Waals surface area contributed by atoms with E-state index in [0.29, 0.717) is 11.1 Å². The van der Waals surface area contributed by atoms with Crippen molar-refractivity contribution in [2.75, 3.05) is 0 Å². The van der Waals surface area contributed by atoms with Gasteiger partial charge in [-0.2, -0.15) is 0 Å². The van der Waals surface area contributed by atoms with E-state index in [1.165, 1.54) is 4.90 Å². The molecule has 0 radical (unpaired) electrons. The molecule has 0 spiro atoms. The SMILES string of the molecule is O=C1c2cccc3c(Br)ccc(c23)C(=O)N1Cc1ccc[nH]1. The van der Waals surface area contributed by atoms with Gasteiger partial charge in [0.25, 0.3) is 11.8 Å². The molecule has 2 aromatic carbocycles. The van der Waals surface area contributed by atoms with Gasteiger partial charge >= 0.3 is 0 Å². The molecule has 3 aromatic rings. The van der Waals surface area contributed by atoms with E-state index in [-0.39, 0.29) is 18.4 Å². The second-order valence-corrected chi connectivity index (χ2v) is 6.07. The summed E-state index contributed by atoms with van der Waals surface area (Å²) < 4.78 is 0.881. The Morgan fingerprint density at radius 1 is 0.955 bits per heavy atom. The number of aromatic nitrogens is 1. The second-order valence-electron chi connectivity index (χ2n) is 5.21. The lowest BCUT2D eigenvalue weighted by Crippen LogP contribution is -2.39. The van der Waals surface area contributed by atoms with Crippen molar-refractivity contribution in [3.63, 3.8) is 0 Å². The fourth-order valence-corrected chi connectivity index (χ4v) is 3.35. The average Bonchev–Trinajstić information content (AvgIpc) is 3.03. The molecule has 22 heavy (non-hydrogen) atoms. The molecule has 2 heterocycles. The summed E-state index contributed by atoms with van der Waals surface area (Å²) in [4.78, 5) is 29.8. The smallest absolute Gasteiger partial charge is 0.261 e. The number of nitrogens with one attached hydrogen (secondary N) is 1. The molecular weight excluding hydrogens is 344 g/mol. The Bertz CT molecular complexity index is 894. The molecule has 0 aliphatic carbocycles. The molecule has 0 bridgehead atoms. The van der Waals surface area contributed by atoms with E-state index in [2.05, 4.69) is 20.9 Å². The number of hydrogen-bond donors (Lipinski definition) is 1. The molecule has 108 valence electrons. The Hall–Kier alpha value is -2.40. The Balaban J connectivity index is 1.91. The van der Waals surface area contributed by atoms with Crippen molar-refractivity contribution in [3.8, 4) is 0 Å². The van der Waals surface area contributed by atoms with Crippen LogP contribution in [-0.2, 0) is 6.54 Å². The van der Waals surface area contributed by atoms with Gasteiger partial charge < -0.3 is 4.98 Å². The van der Waals surface area contributed by atoms with Gasteiger partial charge in [-0.1, -0.05) is 28.1 Å². The van der Waals surface area contributed by atoms with Crippen molar-refractivity contribution in [3.05, 3.63) is 70.0 Å². The first kappa shape index (κ1) is 13.3. The van der Waals surface area contributed by atoms with Crippen LogP contribution >= 0.6 is 15.9 Å². The van der Waals surface area contributed by atoms with Gasteiger partial charge in [0.1, 0.15) is 0 Å². The first-order valence-electron chi connectivity index (χ1n) is 6.86. The topological polar surface area (TPSA) is 53.2 Å². The van der Waals surface area contributed by atoms with Gasteiger partial charge in [-0.25, -0.2) is 0 Å². The minimum Gasteiger partial charge on any atom is -0.364 e. The molecule has 1 aliphatic heterocycles. The number of benzene rings is 2. The predicted molar refractivity (Wildman–Crippen MR) is 86.6 cm³/mol. The van der Waals surface area contributed by atoms with Crippen LogP contribution in [0.1, 0.15) is 26.4 Å². The molecule has 0 saturated heterocycles. The highest BCUT2D eigenvalue weighted by molar-refractivity contribution is 9.10. The highest BCUT2D eigenvalue weighted by Gasteiger charge is 2.33. The third-order valence-electron chi connectivity index (χ3n) is 3.93. The standard InChI is InChI=1S/C17H11BrN2O2/c18-14-7-6-13-15-11(14)4-1-5-12(15)16(21)20(17(13)22)9-10-3-2-8-19-10/h1-8,19H,9H2. The number of nitrogens with zero attached hydrogens (tertiary/aromatic N) is 1. The molecule has 0 atom stereocenters. The first-order valence-corrected chi connectivity index (χ1v) is 7.66. The fraction of sp³-hybridized carbons (Fsp3) is 0.0588. The number of amides is 2. The Labute approximate surface area is 134 Å². The van der Waals surface area contributed by atoms with E-state index in [9.17, 15) is 9.59 Å². The zero-order valence-electron chi connectivity index (χ0n) is 11.5. The molecule has 4 rings (SSSR count). The number of rotatable bonds is 2. The summed E-state index contributed by atoms with van der Waals surface area (Å²) in [7, 11) is 0. The van der Waals surface area contributed by atoms with Crippen molar-refractivity contribution in [1.29, 1.82) is 0 Å². The average molecular weight is 355 g/mol. The minimum atomic E-state index is -0.254. The lowest BCUT2D eigenvalue weighted by Gasteiger charge is -2.27. The lowest BCUT2D eigenvalue weighted by molar-refractivity contribution is 0.0596. The summed E-state index contributed by atoms with van der Waals surface area (Å²) in [6, 6.07) is 12.8. The Morgan fingerprint density at radius 2 is 1.73 bits per heavy atom. The van der Waals surface area contributed by atoms with Crippen molar-refractivity contribution in [2.45, 2.75) is 6.54 Å². The predicted octanol–water partition coefficient (Wildman–Crippen LogP) is 3.73. The van der Waals surface area contributed by atoms with Crippen molar-refractivity contribution >= 4 is 38.5 Å². The highest BCUT2D eigenvalue weighted by Crippen LogP contribution is 2.34. The third kappa shape index (κ3) is 1.82. The van der Waals surface area contributed by atoms with E-state index < -0.39 is 0 Å². The summed E-state index contributed by atoms with van der Waals surface area (Å²) >= 11 is 3.48. The van der Waals surface area contributed by atoms with Gasteiger partial charge in [0.2, 0.25) is 0 Å². The van der Waals surface area contributed by atoms with Crippen molar-refractivity contribution in [2.24, 2.45) is 0 Å². The molecule has 0 unspecified atom stereocenters. The monoisotopic (exact) mass is 354 g/mol. The van der Waals surface area contributed by atoms with E-state index in [1.54, 1.807) is 18.3 Å². The summed E-state index contributed by atoms with van der Waals surface area (Å²) in [5.74, 6) is -0.508. The van der Waals surface area contributed by atoms with Gasteiger partial charge in [-0.05, 0) is 35.7 Å². The number of aromatic amines is 1. The van der Waals surface area contributed by atoms with Crippen LogP contribution in [0.2, 0.25) is 0 Å². The maximum atomic E-state index is 12.7. The van der Waals surface area contributed by atoms with Gasteiger partial charge in [-0.3, -0.25) is 14.5 Å². The normalized spacial score (nSPS) is 14.0. The maximum absolute atomic E-state index is 12.7. The molecule has 0 saturated carbocycles. The quantitative estimate of drug-likeness (QED) is 0.713. The van der Waals surface area contributed by atoms with E-state index in [0.717, 1.165) is 20.9 Å². The van der Waals surface area contributed by atoms with Crippen molar-refractivity contribution < 1.29 is 9.59 Å². The molecule has 1 aromatic heterocycles. The van der Waals surface area contributed by atoms with Crippen LogP contribution in [0.4, 0.5) is 0 Å². The van der Waals surface area contributed by atoms with Crippen LogP contribution in [0, 0.1) is 0 Å².